The number of rotatable bonds is 57. The van der Waals surface area contributed by atoms with Crippen LogP contribution in [0.1, 0.15) is 251 Å². The van der Waals surface area contributed by atoms with Gasteiger partial charge in [-0.15, -0.1) is 0 Å². The zero-order valence-corrected chi connectivity index (χ0v) is 56.5. The second-order valence-electron chi connectivity index (χ2n) is 24.6. The molecule has 14 nitrogen and oxygen atoms in total. The highest BCUT2D eigenvalue weighted by atomic mass is 16.7. The van der Waals surface area contributed by atoms with Crippen LogP contribution in [0.15, 0.2) is 134 Å². The Balaban J connectivity index is 1.62. The standard InChI is InChI=1S/C77H129NO13/c1-3-5-7-9-11-13-15-17-19-21-22-23-24-25-26-27-28-29-30-31-32-33-34-35-36-37-38-39-40-41-42-43-44-45-47-49-51-53-55-57-59-61-69(82)78-65(66(81)60-58-56-54-52-50-48-46-20-18-16-14-12-10-8-6-4-2)64-88-76-74(87)72(85)75(68(63-80)90-76)91-77-73(86)71(84)70(83)67(62-79)89-77/h5,7,11,13,17,19,22-23,25-26,28-29,31-32,34-35,37-38,40-41,58,60,65-68,70-77,79-81,83-87H,3-4,6,8-10,12,14-16,18,20-21,24,27,30,33,36,39,42-57,59,61-64H2,1-2H3,(H,78,82)/b7-5-,13-11-,19-17-,23-22-,26-25-,29-28-,32-31-,35-34-,38-37-,41-40-,60-58+. The molecule has 12 atom stereocenters. The number of hydrogen-bond acceptors (Lipinski definition) is 13. The van der Waals surface area contributed by atoms with E-state index in [9.17, 15) is 45.6 Å². The average Bonchev–Trinajstić information content (AvgIpc) is 1.24. The Morgan fingerprint density at radius 2 is 0.758 bits per heavy atom. The summed E-state index contributed by atoms with van der Waals surface area (Å²) in [6.45, 7) is 2.68. The van der Waals surface area contributed by atoms with E-state index in [-0.39, 0.29) is 18.9 Å². The number of ether oxygens (including phenoxy) is 4. The minimum absolute atomic E-state index is 0.248. The van der Waals surface area contributed by atoms with E-state index in [0.717, 1.165) is 109 Å². The van der Waals surface area contributed by atoms with Crippen LogP contribution in [0.2, 0.25) is 0 Å². The summed E-state index contributed by atoms with van der Waals surface area (Å²) in [5.41, 5.74) is 0. The summed E-state index contributed by atoms with van der Waals surface area (Å²) in [6, 6.07) is -0.926. The van der Waals surface area contributed by atoms with Gasteiger partial charge in [0.25, 0.3) is 0 Å². The van der Waals surface area contributed by atoms with Crippen molar-refractivity contribution in [2.75, 3.05) is 19.8 Å². The molecule has 520 valence electrons. The predicted molar refractivity (Wildman–Crippen MR) is 373 cm³/mol. The first-order valence-corrected chi connectivity index (χ1v) is 35.9. The third kappa shape index (κ3) is 43.7. The molecule has 2 aliphatic heterocycles. The van der Waals surface area contributed by atoms with Crippen molar-refractivity contribution in [3.8, 4) is 0 Å². The summed E-state index contributed by atoms with van der Waals surface area (Å²) in [5, 5.41) is 87.3. The van der Waals surface area contributed by atoms with Crippen LogP contribution >= 0.6 is 0 Å². The van der Waals surface area contributed by atoms with Gasteiger partial charge in [0.15, 0.2) is 12.6 Å². The first-order chi connectivity index (χ1) is 44.6. The fourth-order valence-electron chi connectivity index (χ4n) is 10.9. The molecule has 2 aliphatic rings. The fraction of sp³-hybridized carbons (Fsp3) is 0.701. The summed E-state index contributed by atoms with van der Waals surface area (Å²) in [5.74, 6) is -0.248. The van der Waals surface area contributed by atoms with Gasteiger partial charge in [0.05, 0.1) is 32.0 Å². The minimum atomic E-state index is -1.79. The molecule has 0 aliphatic carbocycles. The van der Waals surface area contributed by atoms with Gasteiger partial charge in [0.1, 0.15) is 48.8 Å². The van der Waals surface area contributed by atoms with Crippen LogP contribution in [-0.2, 0) is 23.7 Å². The van der Waals surface area contributed by atoms with Gasteiger partial charge >= 0.3 is 0 Å². The summed E-state index contributed by atoms with van der Waals surface area (Å²) < 4.78 is 22.8. The van der Waals surface area contributed by atoms with Crippen LogP contribution in [0.25, 0.3) is 0 Å². The third-order valence-corrected chi connectivity index (χ3v) is 16.6. The molecule has 91 heavy (non-hydrogen) atoms. The number of aliphatic hydroxyl groups is 8. The highest BCUT2D eigenvalue weighted by Crippen LogP contribution is 2.30. The van der Waals surface area contributed by atoms with E-state index in [2.05, 4.69) is 141 Å². The Bertz CT molecular complexity index is 2040. The summed E-state index contributed by atoms with van der Waals surface area (Å²) in [6.07, 6.45) is 72.2. The van der Waals surface area contributed by atoms with Crippen LogP contribution in [-0.4, -0.2) is 140 Å². The van der Waals surface area contributed by atoms with Crippen LogP contribution in [0.3, 0.4) is 0 Å². The lowest BCUT2D eigenvalue weighted by Crippen LogP contribution is -2.65. The second kappa shape index (κ2) is 59.8. The molecule has 9 N–H and O–H groups in total. The molecule has 0 radical (unpaired) electrons. The molecule has 0 bridgehead atoms. The molecule has 0 saturated carbocycles. The molecule has 2 heterocycles. The van der Waals surface area contributed by atoms with Gasteiger partial charge in [-0.25, -0.2) is 0 Å². The van der Waals surface area contributed by atoms with Crippen molar-refractivity contribution in [1.82, 2.24) is 5.32 Å². The summed E-state index contributed by atoms with van der Waals surface area (Å²) >= 11 is 0. The molecule has 2 fully saturated rings. The van der Waals surface area contributed by atoms with Crippen molar-refractivity contribution in [3.63, 3.8) is 0 Å². The quantitative estimate of drug-likeness (QED) is 0.0204. The molecule has 14 heteroatoms. The van der Waals surface area contributed by atoms with E-state index in [1.165, 1.54) is 116 Å². The topological polar surface area (TPSA) is 228 Å². The Labute approximate surface area is 551 Å². The molecule has 0 spiro atoms. The number of carbonyl (C=O) groups excluding carboxylic acids is 1. The van der Waals surface area contributed by atoms with Crippen molar-refractivity contribution >= 4 is 5.91 Å². The van der Waals surface area contributed by atoms with E-state index in [1.807, 2.05) is 6.08 Å². The van der Waals surface area contributed by atoms with Crippen molar-refractivity contribution < 1.29 is 64.6 Å². The highest BCUT2D eigenvalue weighted by Gasteiger charge is 2.51. The molecule has 12 unspecified atom stereocenters. The van der Waals surface area contributed by atoms with Gasteiger partial charge in [0, 0.05) is 6.42 Å². The number of allylic oxidation sites excluding steroid dienone is 21. The number of nitrogens with one attached hydrogen (secondary N) is 1. The zero-order valence-electron chi connectivity index (χ0n) is 56.5. The normalized spacial score (nSPS) is 23.6. The maximum atomic E-state index is 13.3. The number of aliphatic hydroxyl groups excluding tert-OH is 8. The predicted octanol–water partition coefficient (Wildman–Crippen LogP) is 15.1. The lowest BCUT2D eigenvalue weighted by Gasteiger charge is -2.46. The Kier molecular flexibility index (Phi) is 54.7. The van der Waals surface area contributed by atoms with Crippen molar-refractivity contribution in [2.45, 2.75) is 325 Å². The second-order valence-corrected chi connectivity index (χ2v) is 24.6. The largest absolute Gasteiger partial charge is 0.394 e. The number of unbranched alkanes of at least 4 members (excludes halogenated alkanes) is 24. The van der Waals surface area contributed by atoms with Crippen molar-refractivity contribution in [2.24, 2.45) is 0 Å². The summed E-state index contributed by atoms with van der Waals surface area (Å²) in [7, 11) is 0. The van der Waals surface area contributed by atoms with Gasteiger partial charge in [-0.1, -0.05) is 282 Å². The minimum Gasteiger partial charge on any atom is -0.394 e. The van der Waals surface area contributed by atoms with Gasteiger partial charge in [0.2, 0.25) is 5.91 Å². The third-order valence-electron chi connectivity index (χ3n) is 16.6. The van der Waals surface area contributed by atoms with E-state index in [4.69, 9.17) is 18.9 Å². The molecule has 1 amide bonds. The highest BCUT2D eigenvalue weighted by molar-refractivity contribution is 5.76. The molecule has 2 saturated heterocycles. The van der Waals surface area contributed by atoms with Crippen molar-refractivity contribution in [3.05, 3.63) is 134 Å². The van der Waals surface area contributed by atoms with E-state index in [0.29, 0.717) is 6.42 Å². The fourth-order valence-corrected chi connectivity index (χ4v) is 10.9. The molecule has 2 rings (SSSR count). The van der Waals surface area contributed by atoms with Crippen LogP contribution in [0.5, 0.6) is 0 Å². The maximum absolute atomic E-state index is 13.3. The summed E-state index contributed by atoms with van der Waals surface area (Å²) in [4.78, 5) is 13.3. The smallest absolute Gasteiger partial charge is 0.220 e. The van der Waals surface area contributed by atoms with E-state index < -0.39 is 86.8 Å². The van der Waals surface area contributed by atoms with Crippen LogP contribution in [0.4, 0.5) is 0 Å². The lowest BCUT2D eigenvalue weighted by molar-refractivity contribution is -0.359. The molecular formula is C77H129NO13. The number of amides is 1. The number of carbonyl (C=O) groups is 1. The van der Waals surface area contributed by atoms with Crippen LogP contribution < -0.4 is 5.32 Å². The van der Waals surface area contributed by atoms with E-state index in [1.54, 1.807) is 6.08 Å². The average molecular weight is 1280 g/mol. The Morgan fingerprint density at radius 3 is 1.16 bits per heavy atom. The number of hydrogen-bond donors (Lipinski definition) is 9. The van der Waals surface area contributed by atoms with Gasteiger partial charge in [-0.2, -0.15) is 0 Å². The van der Waals surface area contributed by atoms with Gasteiger partial charge in [-0.05, 0) is 96.3 Å². The molecule has 0 aromatic heterocycles. The van der Waals surface area contributed by atoms with Gasteiger partial charge in [-0.3, -0.25) is 4.79 Å². The Hall–Kier alpha value is -3.87. The zero-order chi connectivity index (χ0) is 65.9. The van der Waals surface area contributed by atoms with E-state index >= 15 is 0 Å². The molecule has 0 aromatic carbocycles. The maximum Gasteiger partial charge on any atom is 0.220 e. The molecular weight excluding hydrogens is 1150 g/mol. The lowest BCUT2D eigenvalue weighted by atomic mass is 9.97. The first kappa shape index (κ1) is 83.2. The van der Waals surface area contributed by atoms with Gasteiger partial charge < -0.3 is 65.1 Å². The monoisotopic (exact) mass is 1280 g/mol. The first-order valence-electron chi connectivity index (χ1n) is 35.9. The SMILES string of the molecule is CC/C=C\C/C=C\C/C=C\C/C=C\C/C=C\C/C=C\C/C=C\C/C=C\C/C=C\C/C=C\CCCCCCCCCCCCC(=O)NC(COC1OC(CO)C(OC2OC(CO)C(O)C(O)C2O)C(O)C1O)C(O)/C=C/CCCCCCCCCCCCCCCC. The molecule has 0 aromatic rings. The van der Waals surface area contributed by atoms with Crippen molar-refractivity contribution in [1.29, 1.82) is 0 Å². The van der Waals surface area contributed by atoms with Crippen LogP contribution in [0, 0.1) is 0 Å². The Morgan fingerprint density at radius 1 is 0.407 bits per heavy atom.